The van der Waals surface area contributed by atoms with Crippen LogP contribution in [-0.4, -0.2) is 41.6 Å². The van der Waals surface area contributed by atoms with Crippen LogP contribution in [0.25, 0.3) is 0 Å². The molecule has 0 spiro atoms. The van der Waals surface area contributed by atoms with Crippen molar-refractivity contribution in [3.8, 4) is 0 Å². The van der Waals surface area contributed by atoms with Gasteiger partial charge in [-0.3, -0.25) is 0 Å². The van der Waals surface area contributed by atoms with Crippen LogP contribution in [0.2, 0.25) is 0 Å². The van der Waals surface area contributed by atoms with Gasteiger partial charge < -0.3 is 10.6 Å². The van der Waals surface area contributed by atoms with Crippen LogP contribution in [0.15, 0.2) is 0 Å². The lowest BCUT2D eigenvalue weighted by molar-refractivity contribution is 0.211. The molecule has 1 heterocycles. The molecule has 100 valence electrons. The van der Waals surface area contributed by atoms with E-state index in [4.69, 9.17) is 5.73 Å². The van der Waals surface area contributed by atoms with Gasteiger partial charge in [-0.15, -0.1) is 0 Å². The molecule has 0 amide bonds. The van der Waals surface area contributed by atoms with Crippen molar-refractivity contribution in [1.82, 2.24) is 4.90 Å². The summed E-state index contributed by atoms with van der Waals surface area (Å²) in [6.07, 6.45) is 8.09. The minimum absolute atomic E-state index is 0.465. The van der Waals surface area contributed by atoms with E-state index in [1.807, 2.05) is 0 Å². The maximum absolute atomic E-state index is 6.33. The van der Waals surface area contributed by atoms with E-state index < -0.39 is 0 Å². The summed E-state index contributed by atoms with van der Waals surface area (Å²) >= 11 is 2.16. The van der Waals surface area contributed by atoms with Gasteiger partial charge in [0, 0.05) is 36.7 Å². The molecule has 17 heavy (non-hydrogen) atoms. The molecule has 1 saturated heterocycles. The molecule has 1 aliphatic heterocycles. The molecule has 0 aromatic heterocycles. The molecule has 3 unspecified atom stereocenters. The average Bonchev–Trinajstić information content (AvgIpc) is 2.55. The average molecular weight is 256 g/mol. The predicted molar refractivity (Wildman–Crippen MR) is 77.5 cm³/mol. The largest absolute Gasteiger partial charge is 0.327 e. The molecule has 2 aliphatic rings. The van der Waals surface area contributed by atoms with Crippen LogP contribution in [0.1, 0.15) is 45.4 Å². The zero-order valence-corrected chi connectivity index (χ0v) is 12.1. The first-order chi connectivity index (χ1) is 8.29. The summed E-state index contributed by atoms with van der Waals surface area (Å²) in [5, 5.41) is 0.866. The summed E-state index contributed by atoms with van der Waals surface area (Å²) in [7, 11) is 0. The Bertz CT molecular complexity index is 222. The molecule has 1 aliphatic carbocycles. The van der Waals surface area contributed by atoms with Crippen molar-refractivity contribution >= 4 is 11.8 Å². The number of nitrogens with two attached hydrogens (primary N) is 1. The molecule has 0 radical (unpaired) electrons. The van der Waals surface area contributed by atoms with E-state index in [0.29, 0.717) is 6.04 Å². The first-order valence-electron chi connectivity index (χ1n) is 7.39. The fourth-order valence-electron chi connectivity index (χ4n) is 3.16. The quantitative estimate of drug-likeness (QED) is 0.787. The van der Waals surface area contributed by atoms with Crippen molar-refractivity contribution in [2.45, 2.75) is 56.7 Å². The molecule has 2 nitrogen and oxygen atoms in total. The second kappa shape index (κ2) is 7.01. The van der Waals surface area contributed by atoms with Gasteiger partial charge in [0.1, 0.15) is 0 Å². The lowest BCUT2D eigenvalue weighted by Gasteiger charge is -2.35. The number of hydrogen-bond donors (Lipinski definition) is 1. The van der Waals surface area contributed by atoms with E-state index in [1.165, 1.54) is 63.9 Å². The third-order valence-corrected chi connectivity index (χ3v) is 5.76. The van der Waals surface area contributed by atoms with Crippen LogP contribution in [-0.2, 0) is 0 Å². The minimum Gasteiger partial charge on any atom is -0.327 e. The van der Waals surface area contributed by atoms with Crippen LogP contribution < -0.4 is 5.73 Å². The van der Waals surface area contributed by atoms with Crippen molar-refractivity contribution in [2.24, 2.45) is 11.7 Å². The molecule has 3 heteroatoms. The van der Waals surface area contributed by atoms with E-state index >= 15 is 0 Å². The van der Waals surface area contributed by atoms with Crippen molar-refractivity contribution in [3.63, 3.8) is 0 Å². The molecular weight excluding hydrogens is 228 g/mol. The molecule has 1 saturated carbocycles. The smallest absolute Gasteiger partial charge is 0.0172 e. The summed E-state index contributed by atoms with van der Waals surface area (Å²) in [6, 6.07) is 0.465. The number of nitrogens with zero attached hydrogens (tertiary/aromatic N) is 1. The Labute approximate surface area is 111 Å². The highest BCUT2D eigenvalue weighted by Gasteiger charge is 2.25. The van der Waals surface area contributed by atoms with Gasteiger partial charge in [0.2, 0.25) is 0 Å². The first kappa shape index (κ1) is 13.7. The highest BCUT2D eigenvalue weighted by molar-refractivity contribution is 8.00. The van der Waals surface area contributed by atoms with Crippen LogP contribution in [0.3, 0.4) is 0 Å². The number of rotatable bonds is 3. The third-order valence-electron chi connectivity index (χ3n) is 4.39. The predicted octanol–water partition coefficient (Wildman–Crippen LogP) is 2.72. The first-order valence-corrected chi connectivity index (χ1v) is 8.44. The Balaban J connectivity index is 1.81. The van der Waals surface area contributed by atoms with Gasteiger partial charge >= 0.3 is 0 Å². The number of hydrogen-bond acceptors (Lipinski definition) is 3. The number of thioether (sulfide) groups is 1. The fourth-order valence-corrected chi connectivity index (χ4v) is 4.41. The van der Waals surface area contributed by atoms with Crippen LogP contribution in [0.5, 0.6) is 0 Å². The standard InChI is InChI=1S/C14H28N2S/c1-2-13-11-16(8-9-17-13)10-12-6-4-3-5-7-14(12)15/h12-14H,2-11,15H2,1H3. The Kier molecular flexibility index (Phi) is 5.64. The summed E-state index contributed by atoms with van der Waals surface area (Å²) < 4.78 is 0. The maximum Gasteiger partial charge on any atom is 0.0172 e. The lowest BCUT2D eigenvalue weighted by atomic mass is 9.95. The molecule has 0 aromatic carbocycles. The van der Waals surface area contributed by atoms with E-state index in [0.717, 1.165) is 11.2 Å². The molecule has 3 atom stereocenters. The summed E-state index contributed by atoms with van der Waals surface area (Å²) in [4.78, 5) is 2.68. The Morgan fingerprint density at radius 3 is 2.88 bits per heavy atom. The highest BCUT2D eigenvalue weighted by Crippen LogP contribution is 2.26. The van der Waals surface area contributed by atoms with Crippen molar-refractivity contribution in [1.29, 1.82) is 0 Å². The molecule has 2 fully saturated rings. The van der Waals surface area contributed by atoms with Crippen molar-refractivity contribution in [2.75, 3.05) is 25.4 Å². The molecule has 0 bridgehead atoms. The van der Waals surface area contributed by atoms with Gasteiger partial charge in [0.15, 0.2) is 0 Å². The highest BCUT2D eigenvalue weighted by atomic mass is 32.2. The van der Waals surface area contributed by atoms with E-state index in [1.54, 1.807) is 0 Å². The van der Waals surface area contributed by atoms with Gasteiger partial charge in [-0.1, -0.05) is 26.2 Å². The van der Waals surface area contributed by atoms with Crippen LogP contribution in [0, 0.1) is 5.92 Å². The van der Waals surface area contributed by atoms with Crippen LogP contribution in [0.4, 0.5) is 0 Å². The monoisotopic (exact) mass is 256 g/mol. The molecule has 2 rings (SSSR count). The maximum atomic E-state index is 6.33. The normalized spacial score (nSPS) is 36.7. The van der Waals surface area contributed by atoms with Gasteiger partial charge in [0.05, 0.1) is 0 Å². The van der Waals surface area contributed by atoms with Gasteiger partial charge in [-0.05, 0) is 25.2 Å². The SMILES string of the molecule is CCC1CN(CC2CCCCCC2N)CCS1. The summed E-state index contributed by atoms with van der Waals surface area (Å²) in [5.41, 5.74) is 6.33. The zero-order chi connectivity index (χ0) is 12.1. The molecule has 2 N–H and O–H groups in total. The molecule has 0 aromatic rings. The van der Waals surface area contributed by atoms with Gasteiger partial charge in [0.25, 0.3) is 0 Å². The minimum atomic E-state index is 0.465. The van der Waals surface area contributed by atoms with Crippen LogP contribution >= 0.6 is 11.8 Å². The third kappa shape index (κ3) is 4.15. The Morgan fingerprint density at radius 2 is 2.06 bits per heavy atom. The molecular formula is C14H28N2S. The summed E-state index contributed by atoms with van der Waals surface area (Å²) in [5.74, 6) is 2.08. The van der Waals surface area contributed by atoms with E-state index in [-0.39, 0.29) is 0 Å². The van der Waals surface area contributed by atoms with E-state index in [2.05, 4.69) is 23.6 Å². The van der Waals surface area contributed by atoms with Gasteiger partial charge in [-0.25, -0.2) is 0 Å². The summed E-state index contributed by atoms with van der Waals surface area (Å²) in [6.45, 7) is 6.16. The van der Waals surface area contributed by atoms with Crippen molar-refractivity contribution < 1.29 is 0 Å². The lowest BCUT2D eigenvalue weighted by Crippen LogP contribution is -2.44. The second-order valence-electron chi connectivity index (χ2n) is 5.72. The van der Waals surface area contributed by atoms with Gasteiger partial charge in [-0.2, -0.15) is 11.8 Å². The zero-order valence-electron chi connectivity index (χ0n) is 11.2. The van der Waals surface area contributed by atoms with Crippen molar-refractivity contribution in [3.05, 3.63) is 0 Å². The fraction of sp³-hybridized carbons (Fsp3) is 1.00. The Hall–Kier alpha value is 0.270. The Morgan fingerprint density at radius 1 is 1.24 bits per heavy atom. The van der Waals surface area contributed by atoms with E-state index in [9.17, 15) is 0 Å². The second-order valence-corrected chi connectivity index (χ2v) is 7.13. The topological polar surface area (TPSA) is 29.3 Å².